The molecule has 0 aliphatic rings. The molecule has 0 atom stereocenters. The predicted octanol–water partition coefficient (Wildman–Crippen LogP) is 15.2. The van der Waals surface area contributed by atoms with Crippen LogP contribution in [0, 0.1) is 0 Å². The molecular formula is C50H28O2S. The van der Waals surface area contributed by atoms with Gasteiger partial charge < -0.3 is 8.83 Å². The zero-order valence-corrected chi connectivity index (χ0v) is 29.2. The zero-order chi connectivity index (χ0) is 34.6. The van der Waals surface area contributed by atoms with Gasteiger partial charge in [-0.1, -0.05) is 146 Å². The van der Waals surface area contributed by atoms with E-state index in [0.29, 0.717) is 0 Å². The van der Waals surface area contributed by atoms with Crippen LogP contribution in [0.25, 0.3) is 119 Å². The largest absolute Gasteiger partial charge is 0.456 e. The van der Waals surface area contributed by atoms with Crippen molar-refractivity contribution in [3.8, 4) is 32.7 Å². The van der Waals surface area contributed by atoms with Gasteiger partial charge in [0.25, 0.3) is 0 Å². The van der Waals surface area contributed by atoms with Crippen LogP contribution in [0.1, 0.15) is 0 Å². The van der Waals surface area contributed by atoms with E-state index in [1.807, 2.05) is 17.4 Å². The minimum Gasteiger partial charge on any atom is -0.456 e. The third-order valence-electron chi connectivity index (χ3n) is 11.1. The molecule has 246 valence electrons. The number of thiophene rings is 1. The Hall–Kier alpha value is -6.68. The Labute approximate surface area is 307 Å². The first kappa shape index (κ1) is 29.0. The molecule has 0 radical (unpaired) electrons. The first-order chi connectivity index (χ1) is 26.3. The molecule has 0 saturated heterocycles. The number of furan rings is 2. The van der Waals surface area contributed by atoms with Crippen LogP contribution >= 0.6 is 11.3 Å². The summed E-state index contributed by atoms with van der Waals surface area (Å²) in [4.78, 5) is 1.26. The van der Waals surface area contributed by atoms with Gasteiger partial charge in [-0.15, -0.1) is 11.3 Å². The Morgan fingerprint density at radius 3 is 1.72 bits per heavy atom. The lowest BCUT2D eigenvalue weighted by Crippen LogP contribution is -1.91. The van der Waals surface area contributed by atoms with Crippen molar-refractivity contribution in [2.75, 3.05) is 0 Å². The fourth-order valence-electron chi connectivity index (χ4n) is 8.86. The van der Waals surface area contributed by atoms with Crippen molar-refractivity contribution in [1.29, 1.82) is 0 Å². The average molecular weight is 693 g/mol. The monoisotopic (exact) mass is 692 g/mol. The van der Waals surface area contributed by atoms with Crippen LogP contribution < -0.4 is 0 Å². The van der Waals surface area contributed by atoms with Crippen LogP contribution in [0.15, 0.2) is 179 Å². The summed E-state index contributed by atoms with van der Waals surface area (Å²) in [6, 6.07) is 61.0. The fourth-order valence-corrected chi connectivity index (χ4v) is 10.3. The van der Waals surface area contributed by atoms with E-state index in [-0.39, 0.29) is 0 Å². The number of hydrogen-bond acceptors (Lipinski definition) is 3. The normalized spacial score (nSPS) is 12.2. The second-order valence-electron chi connectivity index (χ2n) is 13.9. The van der Waals surface area contributed by atoms with Crippen LogP contribution in [0.2, 0.25) is 0 Å². The quantitative estimate of drug-likeness (QED) is 0.172. The van der Waals surface area contributed by atoms with Crippen LogP contribution in [0.4, 0.5) is 0 Å². The number of para-hydroxylation sites is 2. The minimum absolute atomic E-state index is 0.909. The highest BCUT2D eigenvalue weighted by Gasteiger charge is 2.25. The van der Waals surface area contributed by atoms with Crippen molar-refractivity contribution in [2.45, 2.75) is 0 Å². The van der Waals surface area contributed by atoms with Gasteiger partial charge in [-0.3, -0.25) is 0 Å². The highest BCUT2D eigenvalue weighted by atomic mass is 32.1. The summed E-state index contributed by atoms with van der Waals surface area (Å²) in [5.74, 6) is 0. The SMILES string of the molecule is c1ccc(-c2c(-c3c4ccccc4c(-c4cccc5c4oc4ccc6ccccc6c45)c4ccccc34)sc3c2ccc2oc4ccccc4c23)cc1. The minimum atomic E-state index is 0.909. The molecule has 0 unspecified atom stereocenters. The van der Waals surface area contributed by atoms with E-state index in [9.17, 15) is 0 Å². The van der Waals surface area contributed by atoms with Crippen LogP contribution in [0.3, 0.4) is 0 Å². The molecule has 0 fully saturated rings. The van der Waals surface area contributed by atoms with E-state index >= 15 is 0 Å². The summed E-state index contributed by atoms with van der Waals surface area (Å²) < 4.78 is 14.5. The van der Waals surface area contributed by atoms with E-state index in [1.165, 1.54) is 80.3 Å². The van der Waals surface area contributed by atoms with E-state index in [4.69, 9.17) is 8.83 Å². The van der Waals surface area contributed by atoms with Crippen LogP contribution in [-0.2, 0) is 0 Å². The van der Waals surface area contributed by atoms with Gasteiger partial charge in [0.2, 0.25) is 0 Å². The summed E-state index contributed by atoms with van der Waals surface area (Å²) in [5.41, 5.74) is 9.68. The van der Waals surface area contributed by atoms with E-state index < -0.39 is 0 Å². The fraction of sp³-hybridized carbons (Fsp3) is 0. The lowest BCUT2D eigenvalue weighted by molar-refractivity contribution is 0.669. The van der Waals surface area contributed by atoms with Gasteiger partial charge in [-0.05, 0) is 62.1 Å². The molecule has 12 aromatic rings. The summed E-state index contributed by atoms with van der Waals surface area (Å²) in [6.07, 6.45) is 0. The maximum Gasteiger partial charge on any atom is 0.143 e. The summed E-state index contributed by atoms with van der Waals surface area (Å²) in [7, 11) is 0. The number of fused-ring (bicyclic) bond motifs is 12. The Balaban J connectivity index is 1.23. The zero-order valence-electron chi connectivity index (χ0n) is 28.4. The molecule has 53 heavy (non-hydrogen) atoms. The Bertz CT molecular complexity index is 3390. The maximum absolute atomic E-state index is 6.84. The molecule has 0 spiro atoms. The lowest BCUT2D eigenvalue weighted by Gasteiger charge is -2.18. The van der Waals surface area contributed by atoms with Gasteiger partial charge in [-0.2, -0.15) is 0 Å². The van der Waals surface area contributed by atoms with Crippen molar-refractivity contribution in [2.24, 2.45) is 0 Å². The van der Waals surface area contributed by atoms with E-state index in [1.54, 1.807) is 0 Å². The first-order valence-electron chi connectivity index (χ1n) is 18.0. The van der Waals surface area contributed by atoms with E-state index in [0.717, 1.165) is 38.7 Å². The number of rotatable bonds is 3. The maximum atomic E-state index is 6.84. The van der Waals surface area contributed by atoms with Gasteiger partial charge in [-0.25, -0.2) is 0 Å². The number of hydrogen-bond donors (Lipinski definition) is 0. The molecule has 0 saturated carbocycles. The third-order valence-corrected chi connectivity index (χ3v) is 12.3. The molecule has 12 rings (SSSR count). The van der Waals surface area contributed by atoms with Crippen LogP contribution in [0.5, 0.6) is 0 Å². The molecule has 3 heterocycles. The second-order valence-corrected chi connectivity index (χ2v) is 14.9. The molecular weight excluding hydrogens is 665 g/mol. The summed E-state index contributed by atoms with van der Waals surface area (Å²) >= 11 is 1.88. The second kappa shape index (κ2) is 10.9. The van der Waals surface area contributed by atoms with Gasteiger partial charge in [0.05, 0.1) is 0 Å². The first-order valence-corrected chi connectivity index (χ1v) is 18.8. The Morgan fingerprint density at radius 2 is 0.943 bits per heavy atom. The van der Waals surface area contributed by atoms with Gasteiger partial charge in [0.1, 0.15) is 22.3 Å². The van der Waals surface area contributed by atoms with Crippen molar-refractivity contribution >= 4 is 97.6 Å². The van der Waals surface area contributed by atoms with Crippen molar-refractivity contribution < 1.29 is 8.83 Å². The third kappa shape index (κ3) is 4.03. The Morgan fingerprint density at radius 1 is 0.340 bits per heavy atom. The molecule has 0 N–H and O–H groups in total. The lowest BCUT2D eigenvalue weighted by atomic mass is 9.86. The predicted molar refractivity (Wildman–Crippen MR) is 225 cm³/mol. The van der Waals surface area contributed by atoms with Crippen LogP contribution in [-0.4, -0.2) is 0 Å². The van der Waals surface area contributed by atoms with Crippen molar-refractivity contribution in [1.82, 2.24) is 0 Å². The molecule has 0 aliphatic heterocycles. The topological polar surface area (TPSA) is 26.3 Å². The molecule has 0 amide bonds. The van der Waals surface area contributed by atoms with Gasteiger partial charge >= 0.3 is 0 Å². The standard InChI is InChI=1S/C50H28O2S/c1-2-14-30(15-3-1)43-39-26-28-42-47(36-21-10-11-24-40(36)51-42)49(39)53-50(43)46-34-19-8-6-17-32(34)44(33-18-7-9-20-35(33)46)37-22-12-23-38-45-31-16-5-4-13-29(31)25-27-41(45)52-48(37)38/h1-28H. The van der Waals surface area contributed by atoms with Gasteiger partial charge in [0, 0.05) is 58.8 Å². The highest BCUT2D eigenvalue weighted by Crippen LogP contribution is 2.54. The van der Waals surface area contributed by atoms with Crippen molar-refractivity contribution in [3.63, 3.8) is 0 Å². The highest BCUT2D eigenvalue weighted by molar-refractivity contribution is 7.24. The molecule has 2 nitrogen and oxygen atoms in total. The molecule has 9 aromatic carbocycles. The van der Waals surface area contributed by atoms with Gasteiger partial charge in [0.15, 0.2) is 0 Å². The summed E-state index contributed by atoms with van der Waals surface area (Å²) in [6.45, 7) is 0. The average Bonchev–Trinajstić information content (AvgIpc) is 3.92. The smallest absolute Gasteiger partial charge is 0.143 e. The van der Waals surface area contributed by atoms with E-state index in [2.05, 4.69) is 164 Å². The molecule has 3 heteroatoms. The molecule has 0 bridgehead atoms. The Kier molecular flexibility index (Phi) is 5.96. The molecule has 3 aromatic heterocycles. The van der Waals surface area contributed by atoms with Crippen molar-refractivity contribution in [3.05, 3.63) is 170 Å². The molecule has 0 aliphatic carbocycles. The number of benzene rings is 9. The summed E-state index contributed by atoms with van der Waals surface area (Å²) in [5, 5.41) is 13.2.